The number of carbonyl (C=O) groups excluding carboxylic acids is 1. The zero-order valence-corrected chi connectivity index (χ0v) is 12.8. The second kappa shape index (κ2) is 5.12. The van der Waals surface area contributed by atoms with Gasteiger partial charge >= 0.3 is 0 Å². The molecule has 4 fully saturated rings. The van der Waals surface area contributed by atoms with E-state index in [1.165, 1.54) is 19.3 Å². The Morgan fingerprint density at radius 3 is 2.14 bits per heavy atom. The van der Waals surface area contributed by atoms with Crippen molar-refractivity contribution in [3.63, 3.8) is 0 Å². The molecular formula is C19H22N2O. The molecule has 4 aliphatic rings. The SMILES string of the molecule is N#CCc1ccc(NC(=O)C23CC4CC(CC(C4)C2)C3)cc1. The summed E-state index contributed by atoms with van der Waals surface area (Å²) in [5, 5.41) is 11.9. The molecule has 0 aromatic heterocycles. The summed E-state index contributed by atoms with van der Waals surface area (Å²) >= 11 is 0. The van der Waals surface area contributed by atoms with Gasteiger partial charge in [0.25, 0.3) is 0 Å². The van der Waals surface area contributed by atoms with Crippen molar-refractivity contribution in [1.29, 1.82) is 5.26 Å². The third-order valence-corrected chi connectivity index (χ3v) is 6.01. The van der Waals surface area contributed by atoms with Gasteiger partial charge < -0.3 is 5.32 Å². The van der Waals surface area contributed by atoms with Crippen LogP contribution in [0, 0.1) is 34.5 Å². The van der Waals surface area contributed by atoms with E-state index in [0.717, 1.165) is 48.3 Å². The van der Waals surface area contributed by atoms with Gasteiger partial charge in [-0.15, -0.1) is 0 Å². The number of anilines is 1. The molecule has 0 spiro atoms. The standard InChI is InChI=1S/C19H22N2O/c20-6-5-13-1-3-17(4-2-13)21-18(22)19-10-14-7-15(11-19)9-16(8-14)12-19/h1-4,14-16H,5,7-12H2,(H,21,22). The Balaban J connectivity index is 1.49. The normalized spacial score (nSPS) is 35.1. The molecular weight excluding hydrogens is 272 g/mol. The Morgan fingerprint density at radius 2 is 1.64 bits per heavy atom. The maximum absolute atomic E-state index is 12.9. The lowest BCUT2D eigenvalue weighted by atomic mass is 9.49. The summed E-state index contributed by atoms with van der Waals surface area (Å²) in [5.74, 6) is 2.60. The number of nitrogens with one attached hydrogen (secondary N) is 1. The Hall–Kier alpha value is -1.82. The third-order valence-electron chi connectivity index (χ3n) is 6.01. The van der Waals surface area contributed by atoms with E-state index < -0.39 is 0 Å². The van der Waals surface area contributed by atoms with Crippen molar-refractivity contribution in [2.24, 2.45) is 23.2 Å². The molecule has 1 aromatic carbocycles. The number of amides is 1. The quantitative estimate of drug-likeness (QED) is 0.919. The highest BCUT2D eigenvalue weighted by molar-refractivity contribution is 5.95. The van der Waals surface area contributed by atoms with E-state index in [2.05, 4.69) is 11.4 Å². The van der Waals surface area contributed by atoms with Crippen molar-refractivity contribution >= 4 is 11.6 Å². The molecule has 0 saturated heterocycles. The molecule has 0 aliphatic heterocycles. The molecule has 4 saturated carbocycles. The average Bonchev–Trinajstić information content (AvgIpc) is 2.48. The molecule has 5 rings (SSSR count). The summed E-state index contributed by atoms with van der Waals surface area (Å²) in [7, 11) is 0. The molecule has 0 heterocycles. The second-order valence-corrected chi connectivity index (χ2v) is 7.68. The van der Waals surface area contributed by atoms with Crippen molar-refractivity contribution < 1.29 is 4.79 Å². The molecule has 0 unspecified atom stereocenters. The van der Waals surface area contributed by atoms with Crippen LogP contribution in [0.5, 0.6) is 0 Å². The van der Waals surface area contributed by atoms with Gasteiger partial charge in [0.1, 0.15) is 0 Å². The summed E-state index contributed by atoms with van der Waals surface area (Å²) < 4.78 is 0. The van der Waals surface area contributed by atoms with Crippen LogP contribution >= 0.6 is 0 Å². The van der Waals surface area contributed by atoms with Gasteiger partial charge in [0.2, 0.25) is 5.91 Å². The van der Waals surface area contributed by atoms with Crippen LogP contribution in [0.4, 0.5) is 5.69 Å². The minimum absolute atomic E-state index is 0.0971. The van der Waals surface area contributed by atoms with Gasteiger partial charge in [0.05, 0.1) is 17.9 Å². The Labute approximate surface area is 131 Å². The van der Waals surface area contributed by atoms with Gasteiger partial charge in [-0.3, -0.25) is 4.79 Å². The van der Waals surface area contributed by atoms with Crippen LogP contribution in [0.25, 0.3) is 0 Å². The van der Waals surface area contributed by atoms with Crippen LogP contribution in [0.1, 0.15) is 44.1 Å². The summed E-state index contributed by atoms with van der Waals surface area (Å²) in [6, 6.07) is 9.85. The maximum atomic E-state index is 12.9. The fraction of sp³-hybridized carbons (Fsp3) is 0.579. The first-order valence-electron chi connectivity index (χ1n) is 8.44. The van der Waals surface area contributed by atoms with Crippen molar-refractivity contribution in [3.8, 4) is 6.07 Å². The lowest BCUT2D eigenvalue weighted by Crippen LogP contribution is -2.51. The van der Waals surface area contributed by atoms with E-state index in [0.29, 0.717) is 6.42 Å². The van der Waals surface area contributed by atoms with E-state index in [1.54, 1.807) is 0 Å². The van der Waals surface area contributed by atoms with E-state index in [4.69, 9.17) is 5.26 Å². The van der Waals surface area contributed by atoms with Crippen molar-refractivity contribution in [2.75, 3.05) is 5.32 Å². The Bertz CT molecular complexity index is 591. The highest BCUT2D eigenvalue weighted by Crippen LogP contribution is 2.60. The largest absolute Gasteiger partial charge is 0.326 e. The molecule has 1 aromatic rings. The average molecular weight is 294 g/mol. The third kappa shape index (κ3) is 2.31. The molecule has 4 aliphatic carbocycles. The number of nitrogens with zero attached hydrogens (tertiary/aromatic N) is 1. The monoisotopic (exact) mass is 294 g/mol. The first kappa shape index (κ1) is 13.8. The molecule has 3 nitrogen and oxygen atoms in total. The van der Waals surface area contributed by atoms with Crippen LogP contribution in [0.2, 0.25) is 0 Å². The number of rotatable bonds is 3. The van der Waals surface area contributed by atoms with Gasteiger partial charge in [-0.1, -0.05) is 12.1 Å². The number of benzene rings is 1. The molecule has 3 heteroatoms. The summed E-state index contributed by atoms with van der Waals surface area (Å²) in [6.07, 6.45) is 7.77. The van der Waals surface area contributed by atoms with Crippen molar-refractivity contribution in [3.05, 3.63) is 29.8 Å². The number of carbonyl (C=O) groups is 1. The predicted octanol–water partition coefficient (Wildman–Crippen LogP) is 3.91. The van der Waals surface area contributed by atoms with Gasteiger partial charge in [-0.05, 0) is 74.0 Å². The van der Waals surface area contributed by atoms with Crippen LogP contribution in [-0.2, 0) is 11.2 Å². The predicted molar refractivity (Wildman–Crippen MR) is 85.0 cm³/mol. The highest BCUT2D eigenvalue weighted by atomic mass is 16.2. The second-order valence-electron chi connectivity index (χ2n) is 7.68. The molecule has 22 heavy (non-hydrogen) atoms. The van der Waals surface area contributed by atoms with E-state index in [-0.39, 0.29) is 11.3 Å². The lowest BCUT2D eigenvalue weighted by Gasteiger charge is -2.55. The Kier molecular flexibility index (Phi) is 3.22. The van der Waals surface area contributed by atoms with Gasteiger partial charge in [0.15, 0.2) is 0 Å². The molecule has 114 valence electrons. The molecule has 0 radical (unpaired) electrons. The fourth-order valence-electron chi connectivity index (χ4n) is 5.45. The number of nitriles is 1. The summed E-state index contributed by atoms with van der Waals surface area (Å²) in [6.45, 7) is 0. The first-order chi connectivity index (χ1) is 10.7. The number of hydrogen-bond acceptors (Lipinski definition) is 2. The molecule has 1 amide bonds. The summed E-state index contributed by atoms with van der Waals surface area (Å²) in [4.78, 5) is 12.9. The van der Waals surface area contributed by atoms with Crippen LogP contribution in [-0.4, -0.2) is 5.91 Å². The van der Waals surface area contributed by atoms with Gasteiger partial charge in [-0.2, -0.15) is 5.26 Å². The minimum atomic E-state index is -0.0971. The molecule has 0 atom stereocenters. The van der Waals surface area contributed by atoms with Crippen LogP contribution in [0.3, 0.4) is 0 Å². The molecule has 4 bridgehead atoms. The van der Waals surface area contributed by atoms with Crippen LogP contribution in [0.15, 0.2) is 24.3 Å². The van der Waals surface area contributed by atoms with Crippen molar-refractivity contribution in [2.45, 2.75) is 44.9 Å². The first-order valence-corrected chi connectivity index (χ1v) is 8.44. The zero-order chi connectivity index (χ0) is 15.2. The Morgan fingerprint density at radius 1 is 1.09 bits per heavy atom. The number of hydrogen-bond donors (Lipinski definition) is 1. The molecule has 1 N–H and O–H groups in total. The summed E-state index contributed by atoms with van der Waals surface area (Å²) in [5.41, 5.74) is 1.76. The van der Waals surface area contributed by atoms with Gasteiger partial charge in [0, 0.05) is 5.69 Å². The van der Waals surface area contributed by atoms with E-state index >= 15 is 0 Å². The lowest BCUT2D eigenvalue weighted by molar-refractivity contribution is -0.140. The minimum Gasteiger partial charge on any atom is -0.326 e. The zero-order valence-electron chi connectivity index (χ0n) is 12.8. The topological polar surface area (TPSA) is 52.9 Å². The highest BCUT2D eigenvalue weighted by Gasteiger charge is 2.54. The van der Waals surface area contributed by atoms with Crippen LogP contribution < -0.4 is 5.32 Å². The van der Waals surface area contributed by atoms with Crippen molar-refractivity contribution in [1.82, 2.24) is 0 Å². The maximum Gasteiger partial charge on any atom is 0.230 e. The van der Waals surface area contributed by atoms with E-state index in [9.17, 15) is 4.79 Å². The van der Waals surface area contributed by atoms with E-state index in [1.807, 2.05) is 24.3 Å². The van der Waals surface area contributed by atoms with Gasteiger partial charge in [-0.25, -0.2) is 0 Å². The smallest absolute Gasteiger partial charge is 0.230 e. The fourth-order valence-corrected chi connectivity index (χ4v) is 5.45.